The van der Waals surface area contributed by atoms with Crippen molar-refractivity contribution in [3.8, 4) is 0 Å². The lowest BCUT2D eigenvalue weighted by atomic mass is 9.73. The Kier molecular flexibility index (Phi) is 5.54. The maximum absolute atomic E-state index is 10.5. The second-order valence-electron chi connectivity index (χ2n) is 9.88. The van der Waals surface area contributed by atoms with Crippen LogP contribution in [0, 0.1) is 12.3 Å². The van der Waals surface area contributed by atoms with Crippen molar-refractivity contribution in [3.05, 3.63) is 22.5 Å². The van der Waals surface area contributed by atoms with E-state index in [-0.39, 0.29) is 0 Å². The molecule has 2 aromatic rings. The highest BCUT2D eigenvalue weighted by molar-refractivity contribution is 7.18. The van der Waals surface area contributed by atoms with E-state index in [9.17, 15) is 5.11 Å². The summed E-state index contributed by atoms with van der Waals surface area (Å²) in [5.74, 6) is 1.57. The molecule has 0 bridgehead atoms. The van der Waals surface area contributed by atoms with Crippen molar-refractivity contribution in [3.63, 3.8) is 0 Å². The molecule has 4 rings (SSSR count). The van der Waals surface area contributed by atoms with E-state index >= 15 is 0 Å². The Morgan fingerprint density at radius 1 is 1.14 bits per heavy atom. The fourth-order valence-electron chi connectivity index (χ4n) is 4.82. The minimum absolute atomic E-state index is 0.461. The summed E-state index contributed by atoms with van der Waals surface area (Å²) in [6, 6.07) is 2.39. The van der Waals surface area contributed by atoms with Crippen molar-refractivity contribution in [2.75, 3.05) is 13.1 Å². The van der Waals surface area contributed by atoms with Crippen LogP contribution in [0.3, 0.4) is 0 Å². The number of aromatic nitrogens is 2. The molecule has 1 aliphatic heterocycles. The van der Waals surface area contributed by atoms with Crippen LogP contribution in [-0.4, -0.2) is 38.7 Å². The predicted octanol–water partition coefficient (Wildman–Crippen LogP) is 5.42. The predicted molar refractivity (Wildman–Crippen MR) is 117 cm³/mol. The maximum Gasteiger partial charge on any atom is 0.127 e. The Bertz CT molecular complexity index is 826. The van der Waals surface area contributed by atoms with E-state index in [1.807, 2.05) is 18.3 Å². The molecular formula is C23H35N3OS. The molecule has 1 saturated heterocycles. The second-order valence-corrected chi connectivity index (χ2v) is 10.9. The first kappa shape index (κ1) is 20.2. The van der Waals surface area contributed by atoms with E-state index in [0.717, 1.165) is 49.6 Å². The zero-order valence-electron chi connectivity index (χ0n) is 17.9. The quantitative estimate of drug-likeness (QED) is 0.743. The number of aryl methyl sites for hydroxylation is 1. The first-order chi connectivity index (χ1) is 13.3. The Hall–Kier alpha value is -1.04. The van der Waals surface area contributed by atoms with Gasteiger partial charge in [-0.1, -0.05) is 20.8 Å². The third-order valence-corrected chi connectivity index (χ3v) is 8.35. The lowest BCUT2D eigenvalue weighted by molar-refractivity contribution is -0.0258. The monoisotopic (exact) mass is 401 g/mol. The molecule has 2 aromatic heterocycles. The lowest BCUT2D eigenvalue weighted by Crippen LogP contribution is -2.43. The first-order valence-electron chi connectivity index (χ1n) is 11.0. The number of nitrogens with zero attached hydrogens (tertiary/aromatic N) is 3. The van der Waals surface area contributed by atoms with Crippen molar-refractivity contribution in [2.45, 2.75) is 90.7 Å². The van der Waals surface area contributed by atoms with Gasteiger partial charge in [-0.15, -0.1) is 11.3 Å². The van der Waals surface area contributed by atoms with E-state index in [0.29, 0.717) is 11.3 Å². The van der Waals surface area contributed by atoms with Gasteiger partial charge in [0, 0.05) is 29.9 Å². The standard InChI is InChI=1S/C23H35N3OS/c1-5-23(27)10-12-26(13-11-23)15-19-18-14-20(28-21(18)25-16(2)24-19)17-6-8-22(3,4)9-7-17/h14,17,27H,5-13,15H2,1-4H3. The first-order valence-corrected chi connectivity index (χ1v) is 11.8. The Morgan fingerprint density at radius 3 is 2.46 bits per heavy atom. The molecule has 154 valence electrons. The van der Waals surface area contributed by atoms with Crippen molar-refractivity contribution >= 4 is 21.6 Å². The number of aliphatic hydroxyl groups is 1. The lowest BCUT2D eigenvalue weighted by Gasteiger charge is -2.37. The summed E-state index contributed by atoms with van der Waals surface area (Å²) in [6.07, 6.45) is 7.80. The highest BCUT2D eigenvalue weighted by Gasteiger charge is 2.31. The Morgan fingerprint density at radius 2 is 1.82 bits per heavy atom. The van der Waals surface area contributed by atoms with Crippen molar-refractivity contribution in [1.82, 2.24) is 14.9 Å². The molecule has 2 aliphatic rings. The topological polar surface area (TPSA) is 49.2 Å². The smallest absolute Gasteiger partial charge is 0.127 e. The Balaban J connectivity index is 1.53. The van der Waals surface area contributed by atoms with E-state index in [1.54, 1.807) is 0 Å². The van der Waals surface area contributed by atoms with Gasteiger partial charge in [0.1, 0.15) is 10.7 Å². The molecule has 4 nitrogen and oxygen atoms in total. The van der Waals surface area contributed by atoms with Gasteiger partial charge in [0.15, 0.2) is 0 Å². The van der Waals surface area contributed by atoms with Crippen LogP contribution in [0.25, 0.3) is 10.2 Å². The van der Waals surface area contributed by atoms with Gasteiger partial charge in [0.25, 0.3) is 0 Å². The average Bonchev–Trinajstić information content (AvgIpc) is 3.07. The molecule has 1 N–H and O–H groups in total. The van der Waals surface area contributed by atoms with Crippen LogP contribution in [0.15, 0.2) is 6.07 Å². The molecule has 1 saturated carbocycles. The van der Waals surface area contributed by atoms with Crippen LogP contribution in [0.5, 0.6) is 0 Å². The van der Waals surface area contributed by atoms with Crippen molar-refractivity contribution in [1.29, 1.82) is 0 Å². The second kappa shape index (κ2) is 7.66. The summed E-state index contributed by atoms with van der Waals surface area (Å²) in [7, 11) is 0. The maximum atomic E-state index is 10.5. The largest absolute Gasteiger partial charge is 0.390 e. The van der Waals surface area contributed by atoms with E-state index in [1.165, 1.54) is 41.6 Å². The highest BCUT2D eigenvalue weighted by Crippen LogP contribution is 2.45. The van der Waals surface area contributed by atoms with Gasteiger partial charge in [-0.05, 0) is 69.3 Å². The third kappa shape index (κ3) is 4.27. The van der Waals surface area contributed by atoms with E-state index in [2.05, 4.69) is 31.7 Å². The van der Waals surface area contributed by atoms with Gasteiger partial charge in [-0.25, -0.2) is 9.97 Å². The average molecular weight is 402 g/mol. The summed E-state index contributed by atoms with van der Waals surface area (Å²) in [6.45, 7) is 11.7. The molecule has 0 aromatic carbocycles. The van der Waals surface area contributed by atoms with Gasteiger partial charge in [0.05, 0.1) is 11.3 Å². The van der Waals surface area contributed by atoms with Gasteiger partial charge >= 0.3 is 0 Å². The molecule has 0 radical (unpaired) electrons. The summed E-state index contributed by atoms with van der Waals surface area (Å²) in [5, 5.41) is 11.8. The molecule has 0 amide bonds. The van der Waals surface area contributed by atoms with Gasteiger partial charge in [-0.3, -0.25) is 4.90 Å². The van der Waals surface area contributed by atoms with Crippen LogP contribution < -0.4 is 0 Å². The third-order valence-electron chi connectivity index (χ3n) is 7.16. The van der Waals surface area contributed by atoms with Crippen LogP contribution >= 0.6 is 11.3 Å². The van der Waals surface area contributed by atoms with Crippen molar-refractivity contribution in [2.24, 2.45) is 5.41 Å². The van der Waals surface area contributed by atoms with E-state index in [4.69, 9.17) is 9.97 Å². The van der Waals surface area contributed by atoms with Gasteiger partial charge in [-0.2, -0.15) is 0 Å². The summed E-state index contributed by atoms with van der Waals surface area (Å²) in [4.78, 5) is 14.7. The SMILES string of the molecule is CCC1(O)CCN(Cc2nc(C)nc3sc(C4CCC(C)(C)CC4)cc23)CC1. The number of likely N-dealkylation sites (tertiary alicyclic amines) is 1. The van der Waals surface area contributed by atoms with Crippen LogP contribution in [-0.2, 0) is 6.54 Å². The highest BCUT2D eigenvalue weighted by atomic mass is 32.1. The zero-order chi connectivity index (χ0) is 19.9. The normalized spacial score (nSPS) is 23.3. The number of fused-ring (bicyclic) bond motifs is 1. The minimum atomic E-state index is -0.461. The molecular weight excluding hydrogens is 366 g/mol. The molecule has 0 atom stereocenters. The van der Waals surface area contributed by atoms with Gasteiger partial charge in [0.2, 0.25) is 0 Å². The number of hydrogen-bond donors (Lipinski definition) is 1. The molecule has 5 heteroatoms. The molecule has 28 heavy (non-hydrogen) atoms. The summed E-state index contributed by atoms with van der Waals surface area (Å²) < 4.78 is 0. The van der Waals surface area contributed by atoms with Crippen LogP contribution in [0.1, 0.15) is 88.0 Å². The fraction of sp³-hybridized carbons (Fsp3) is 0.739. The number of piperidine rings is 1. The number of rotatable bonds is 4. The molecule has 2 fully saturated rings. The fourth-order valence-corrected chi connectivity index (χ4v) is 6.08. The van der Waals surface area contributed by atoms with Crippen molar-refractivity contribution < 1.29 is 5.11 Å². The molecule has 1 aliphatic carbocycles. The molecule has 3 heterocycles. The summed E-state index contributed by atoms with van der Waals surface area (Å²) in [5.41, 5.74) is 1.21. The Labute approximate surface area is 173 Å². The molecule has 0 unspecified atom stereocenters. The van der Waals surface area contributed by atoms with Crippen LogP contribution in [0.4, 0.5) is 0 Å². The summed E-state index contributed by atoms with van der Waals surface area (Å²) >= 11 is 1.89. The zero-order valence-corrected chi connectivity index (χ0v) is 18.7. The van der Waals surface area contributed by atoms with Gasteiger partial charge < -0.3 is 5.11 Å². The van der Waals surface area contributed by atoms with E-state index < -0.39 is 5.60 Å². The number of hydrogen-bond acceptors (Lipinski definition) is 5. The minimum Gasteiger partial charge on any atom is -0.390 e. The van der Waals surface area contributed by atoms with Crippen LogP contribution in [0.2, 0.25) is 0 Å². The molecule has 0 spiro atoms. The number of thiophene rings is 1.